The molecule has 0 bridgehead atoms. The van der Waals surface area contributed by atoms with Gasteiger partial charge >= 0.3 is 0 Å². The van der Waals surface area contributed by atoms with Gasteiger partial charge in [0.05, 0.1) is 18.2 Å². The summed E-state index contributed by atoms with van der Waals surface area (Å²) in [5.74, 6) is -0.903. The minimum Gasteiger partial charge on any atom is -0.485 e. The molecule has 2 atom stereocenters. The molecule has 0 radical (unpaired) electrons. The molecule has 2 aromatic carbocycles. The molecule has 1 amide bonds. The van der Waals surface area contributed by atoms with E-state index in [0.29, 0.717) is 23.2 Å². The van der Waals surface area contributed by atoms with Gasteiger partial charge in [0.15, 0.2) is 17.3 Å². The Kier molecular flexibility index (Phi) is 4.54. The third-order valence-electron chi connectivity index (χ3n) is 5.66. The summed E-state index contributed by atoms with van der Waals surface area (Å²) in [7, 11) is 0. The minimum absolute atomic E-state index is 0.0145. The number of fused-ring (bicyclic) bond motifs is 2. The van der Waals surface area contributed by atoms with Crippen LogP contribution >= 0.6 is 0 Å². The Balaban J connectivity index is 1.27. The predicted molar refractivity (Wildman–Crippen MR) is 109 cm³/mol. The van der Waals surface area contributed by atoms with Crippen LogP contribution in [0.15, 0.2) is 60.8 Å². The molecule has 30 heavy (non-hydrogen) atoms. The number of carbonyl (C=O) groups is 2. The third kappa shape index (κ3) is 3.24. The van der Waals surface area contributed by atoms with Crippen LogP contribution in [0.4, 0.5) is 4.39 Å². The van der Waals surface area contributed by atoms with Gasteiger partial charge in [-0.15, -0.1) is 0 Å². The molecular weight excluding hydrogens is 383 g/mol. The smallest absolute Gasteiger partial charge is 0.228 e. The molecule has 5 rings (SSSR count). The fourth-order valence-electron chi connectivity index (χ4n) is 4.21. The second kappa shape index (κ2) is 7.37. The van der Waals surface area contributed by atoms with E-state index in [2.05, 4.69) is 10.3 Å². The molecule has 3 aromatic rings. The summed E-state index contributed by atoms with van der Waals surface area (Å²) in [5, 5.41) is 2.88. The van der Waals surface area contributed by atoms with Crippen LogP contribution in [0.3, 0.4) is 0 Å². The number of rotatable bonds is 4. The third-order valence-corrected chi connectivity index (χ3v) is 5.66. The lowest BCUT2D eigenvalue weighted by atomic mass is 10.0. The maximum absolute atomic E-state index is 14.6. The van der Waals surface area contributed by atoms with Gasteiger partial charge < -0.3 is 10.1 Å². The SMILES string of the molecule is O=C1C[C@H](C(=O)NC[C@@H]2Cc3cc(-c4ccccn4)cc(F)c3O2)c2ccccc21. The fraction of sp³-hybridized carbons (Fsp3) is 0.208. The number of hydrogen-bond acceptors (Lipinski definition) is 4. The lowest BCUT2D eigenvalue weighted by molar-refractivity contribution is -0.122. The number of nitrogens with one attached hydrogen (secondary N) is 1. The van der Waals surface area contributed by atoms with E-state index in [1.807, 2.05) is 36.4 Å². The summed E-state index contributed by atoms with van der Waals surface area (Å²) in [6.45, 7) is 0.249. The highest BCUT2D eigenvalue weighted by Crippen LogP contribution is 2.36. The fourth-order valence-corrected chi connectivity index (χ4v) is 4.21. The lowest BCUT2D eigenvalue weighted by Crippen LogP contribution is -2.37. The van der Waals surface area contributed by atoms with Crippen molar-refractivity contribution in [3.8, 4) is 17.0 Å². The molecule has 0 unspecified atom stereocenters. The Morgan fingerprint density at radius 3 is 2.80 bits per heavy atom. The van der Waals surface area contributed by atoms with Crippen LogP contribution in [0.25, 0.3) is 11.3 Å². The Bertz CT molecular complexity index is 1150. The highest BCUT2D eigenvalue weighted by Gasteiger charge is 2.35. The van der Waals surface area contributed by atoms with Crippen molar-refractivity contribution in [2.75, 3.05) is 6.54 Å². The molecule has 1 aliphatic carbocycles. The quantitative estimate of drug-likeness (QED) is 0.723. The average molecular weight is 402 g/mol. The molecule has 1 aliphatic heterocycles. The van der Waals surface area contributed by atoms with Gasteiger partial charge in [0.1, 0.15) is 6.10 Å². The summed E-state index contributed by atoms with van der Waals surface area (Å²) < 4.78 is 20.3. The first kappa shape index (κ1) is 18.5. The van der Waals surface area contributed by atoms with Gasteiger partial charge in [-0.05, 0) is 29.8 Å². The molecular formula is C24H19FN2O3. The summed E-state index contributed by atoms with van der Waals surface area (Å²) in [4.78, 5) is 29.1. The van der Waals surface area contributed by atoms with Crippen LogP contribution in [-0.2, 0) is 11.2 Å². The first-order valence-electron chi connectivity index (χ1n) is 9.90. The molecule has 0 spiro atoms. The van der Waals surface area contributed by atoms with Crippen LogP contribution in [0.2, 0.25) is 0 Å². The Morgan fingerprint density at radius 2 is 1.97 bits per heavy atom. The second-order valence-corrected chi connectivity index (χ2v) is 7.62. The van der Waals surface area contributed by atoms with E-state index in [-0.39, 0.29) is 36.5 Å². The molecule has 2 heterocycles. The number of ketones is 1. The lowest BCUT2D eigenvalue weighted by Gasteiger charge is -2.15. The van der Waals surface area contributed by atoms with E-state index < -0.39 is 11.7 Å². The summed E-state index contributed by atoms with van der Waals surface area (Å²) in [5.41, 5.74) is 3.53. The van der Waals surface area contributed by atoms with Crippen molar-refractivity contribution in [3.05, 3.63) is 83.3 Å². The number of ether oxygens (including phenoxy) is 1. The Morgan fingerprint density at radius 1 is 1.13 bits per heavy atom. The largest absolute Gasteiger partial charge is 0.485 e. The standard InChI is InChI=1S/C24H19FN2O3/c25-20-11-14(21-7-3-4-8-26-21)9-15-10-16(30-23(15)20)13-27-24(29)19-12-22(28)18-6-2-1-5-17(18)19/h1-9,11,16,19H,10,12-13H2,(H,27,29)/t16-,19-/m0/s1. The zero-order chi connectivity index (χ0) is 20.7. The zero-order valence-corrected chi connectivity index (χ0v) is 16.1. The highest BCUT2D eigenvalue weighted by molar-refractivity contribution is 6.06. The number of hydrogen-bond donors (Lipinski definition) is 1. The predicted octanol–water partition coefficient (Wildman–Crippen LogP) is 3.68. The van der Waals surface area contributed by atoms with Crippen LogP contribution < -0.4 is 10.1 Å². The van der Waals surface area contributed by atoms with Gasteiger partial charge in [-0.2, -0.15) is 0 Å². The minimum atomic E-state index is -0.482. The Labute approximate surface area is 172 Å². The van der Waals surface area contributed by atoms with Gasteiger partial charge in [-0.1, -0.05) is 30.3 Å². The molecule has 1 aromatic heterocycles. The van der Waals surface area contributed by atoms with Crippen molar-refractivity contribution in [1.82, 2.24) is 10.3 Å². The van der Waals surface area contributed by atoms with E-state index in [0.717, 1.165) is 11.1 Å². The molecule has 5 nitrogen and oxygen atoms in total. The number of nitrogens with zero attached hydrogens (tertiary/aromatic N) is 1. The van der Waals surface area contributed by atoms with Crippen molar-refractivity contribution in [2.45, 2.75) is 24.9 Å². The molecule has 1 N–H and O–H groups in total. The number of halogens is 1. The maximum Gasteiger partial charge on any atom is 0.228 e. The summed E-state index contributed by atoms with van der Waals surface area (Å²) >= 11 is 0. The summed E-state index contributed by atoms with van der Waals surface area (Å²) in [6.07, 6.45) is 1.98. The van der Waals surface area contributed by atoms with Crippen LogP contribution in [0.5, 0.6) is 5.75 Å². The second-order valence-electron chi connectivity index (χ2n) is 7.62. The van der Waals surface area contributed by atoms with Gasteiger partial charge in [0, 0.05) is 35.7 Å². The van der Waals surface area contributed by atoms with E-state index in [1.54, 1.807) is 18.3 Å². The van der Waals surface area contributed by atoms with E-state index in [9.17, 15) is 14.0 Å². The van der Waals surface area contributed by atoms with Gasteiger partial charge in [-0.25, -0.2) is 4.39 Å². The van der Waals surface area contributed by atoms with Crippen molar-refractivity contribution in [3.63, 3.8) is 0 Å². The van der Waals surface area contributed by atoms with Crippen LogP contribution in [0, 0.1) is 5.82 Å². The zero-order valence-electron chi connectivity index (χ0n) is 16.1. The van der Waals surface area contributed by atoms with Crippen LogP contribution in [-0.4, -0.2) is 29.3 Å². The van der Waals surface area contributed by atoms with Gasteiger partial charge in [0.25, 0.3) is 0 Å². The average Bonchev–Trinajstić information content (AvgIpc) is 3.34. The number of amides is 1. The van der Waals surface area contributed by atoms with E-state index in [1.165, 1.54) is 6.07 Å². The number of benzene rings is 2. The van der Waals surface area contributed by atoms with Gasteiger partial charge in [-0.3, -0.25) is 14.6 Å². The summed E-state index contributed by atoms with van der Waals surface area (Å²) in [6, 6.07) is 16.0. The molecule has 6 heteroatoms. The van der Waals surface area contributed by atoms with Crippen molar-refractivity contribution >= 4 is 11.7 Å². The molecule has 0 saturated carbocycles. The van der Waals surface area contributed by atoms with E-state index in [4.69, 9.17) is 4.74 Å². The first-order chi connectivity index (χ1) is 14.6. The number of pyridine rings is 1. The maximum atomic E-state index is 14.6. The first-order valence-corrected chi connectivity index (χ1v) is 9.90. The normalized spacial score (nSPS) is 19.2. The number of Topliss-reactive ketones (excluding diaryl/α,β-unsaturated/α-hetero) is 1. The highest BCUT2D eigenvalue weighted by atomic mass is 19.1. The monoisotopic (exact) mass is 402 g/mol. The topological polar surface area (TPSA) is 68.3 Å². The molecule has 0 fully saturated rings. The molecule has 2 aliphatic rings. The van der Waals surface area contributed by atoms with Crippen molar-refractivity contribution < 1.29 is 18.7 Å². The van der Waals surface area contributed by atoms with Gasteiger partial charge in [0.2, 0.25) is 5.91 Å². The molecule has 0 saturated heterocycles. The van der Waals surface area contributed by atoms with Crippen molar-refractivity contribution in [1.29, 1.82) is 0 Å². The number of aromatic nitrogens is 1. The number of carbonyl (C=O) groups excluding carboxylic acids is 2. The molecule has 150 valence electrons. The van der Waals surface area contributed by atoms with E-state index >= 15 is 0 Å². The Hall–Kier alpha value is -3.54. The van der Waals surface area contributed by atoms with Crippen molar-refractivity contribution in [2.24, 2.45) is 0 Å². The van der Waals surface area contributed by atoms with Crippen LogP contribution in [0.1, 0.15) is 33.8 Å².